The van der Waals surface area contributed by atoms with Gasteiger partial charge in [-0.3, -0.25) is 0 Å². The van der Waals surface area contributed by atoms with Gasteiger partial charge in [0.15, 0.2) is 0 Å². The fourth-order valence-electron chi connectivity index (χ4n) is 4.58. The van der Waals surface area contributed by atoms with Crippen LogP contribution in [0.3, 0.4) is 0 Å². The Morgan fingerprint density at radius 2 is 1.80 bits per heavy atom. The van der Waals surface area contributed by atoms with Gasteiger partial charge in [0.25, 0.3) is 0 Å². The molecule has 0 saturated carbocycles. The molecule has 0 fully saturated rings. The van der Waals surface area contributed by atoms with Crippen LogP contribution in [0, 0.1) is 11.3 Å². The largest absolute Gasteiger partial charge is 0.489 e. The Bertz CT molecular complexity index is 1060. The number of benzene rings is 3. The number of aryl methyl sites for hydroxylation is 1. The number of nitriles is 1. The van der Waals surface area contributed by atoms with E-state index in [4.69, 9.17) is 4.74 Å². The van der Waals surface area contributed by atoms with Gasteiger partial charge in [-0.15, -0.1) is 0 Å². The fourth-order valence-corrected chi connectivity index (χ4v) is 4.58. The van der Waals surface area contributed by atoms with E-state index in [1.54, 1.807) is 0 Å². The third kappa shape index (κ3) is 4.10. The lowest BCUT2D eigenvalue weighted by Crippen LogP contribution is -2.36. The Morgan fingerprint density at radius 3 is 2.53 bits per heavy atom. The molecule has 0 spiro atoms. The number of ether oxygens (including phenoxy) is 1. The molecule has 30 heavy (non-hydrogen) atoms. The lowest BCUT2D eigenvalue weighted by molar-refractivity contribution is 0.236. The first-order valence-electron chi connectivity index (χ1n) is 10.6. The van der Waals surface area contributed by atoms with Crippen LogP contribution in [0.5, 0.6) is 5.75 Å². The molecule has 1 aliphatic carbocycles. The van der Waals surface area contributed by atoms with Crippen LogP contribution in [0.15, 0.2) is 66.7 Å². The highest BCUT2D eigenvalue weighted by Crippen LogP contribution is 2.35. The SMILES string of the molecule is CC1c2ccc(OCc3ccc(-c4ccccc4C#N)cc3)cc2CCC1N(C)C. The first-order valence-corrected chi connectivity index (χ1v) is 10.6. The molecule has 0 saturated heterocycles. The van der Waals surface area contributed by atoms with E-state index in [0.29, 0.717) is 24.1 Å². The van der Waals surface area contributed by atoms with Gasteiger partial charge < -0.3 is 9.64 Å². The topological polar surface area (TPSA) is 36.3 Å². The zero-order valence-electron chi connectivity index (χ0n) is 17.9. The number of hydrogen-bond acceptors (Lipinski definition) is 3. The van der Waals surface area contributed by atoms with Crippen LogP contribution in [-0.2, 0) is 13.0 Å². The van der Waals surface area contributed by atoms with Crippen molar-refractivity contribution in [2.75, 3.05) is 14.1 Å². The molecular formula is C27H28N2O. The smallest absolute Gasteiger partial charge is 0.120 e. The van der Waals surface area contributed by atoms with Crippen LogP contribution in [0.4, 0.5) is 0 Å². The van der Waals surface area contributed by atoms with E-state index < -0.39 is 0 Å². The predicted octanol–water partition coefficient (Wildman–Crippen LogP) is 5.78. The normalized spacial score (nSPS) is 18.0. The molecule has 0 bridgehead atoms. The van der Waals surface area contributed by atoms with E-state index in [-0.39, 0.29) is 0 Å². The second-order valence-electron chi connectivity index (χ2n) is 8.36. The number of fused-ring (bicyclic) bond motifs is 1. The number of likely N-dealkylation sites (N-methyl/N-ethyl adjacent to an activating group) is 1. The summed E-state index contributed by atoms with van der Waals surface area (Å²) in [5.41, 5.74) is 6.70. The molecular weight excluding hydrogens is 368 g/mol. The number of nitrogens with zero attached hydrogens (tertiary/aromatic N) is 2. The average Bonchev–Trinajstić information content (AvgIpc) is 2.78. The molecule has 0 heterocycles. The molecule has 152 valence electrons. The number of rotatable bonds is 5. The molecule has 3 aromatic carbocycles. The van der Waals surface area contributed by atoms with Crippen molar-refractivity contribution in [3.05, 3.63) is 89.0 Å². The molecule has 2 atom stereocenters. The van der Waals surface area contributed by atoms with Gasteiger partial charge in [0, 0.05) is 6.04 Å². The van der Waals surface area contributed by atoms with Gasteiger partial charge in [-0.1, -0.05) is 55.5 Å². The fraction of sp³-hybridized carbons (Fsp3) is 0.296. The zero-order chi connectivity index (χ0) is 21.1. The average molecular weight is 397 g/mol. The first-order chi connectivity index (χ1) is 14.6. The van der Waals surface area contributed by atoms with Crippen molar-refractivity contribution in [3.63, 3.8) is 0 Å². The van der Waals surface area contributed by atoms with E-state index in [2.05, 4.69) is 74.5 Å². The van der Waals surface area contributed by atoms with Crippen LogP contribution >= 0.6 is 0 Å². The van der Waals surface area contributed by atoms with Gasteiger partial charge in [-0.2, -0.15) is 5.26 Å². The molecule has 3 aromatic rings. The summed E-state index contributed by atoms with van der Waals surface area (Å²) in [5.74, 6) is 1.48. The minimum absolute atomic E-state index is 0.537. The summed E-state index contributed by atoms with van der Waals surface area (Å²) in [5, 5.41) is 9.31. The Hall–Kier alpha value is -3.09. The van der Waals surface area contributed by atoms with E-state index in [0.717, 1.165) is 28.9 Å². The second kappa shape index (κ2) is 8.73. The maximum Gasteiger partial charge on any atom is 0.120 e. The molecule has 4 rings (SSSR count). The van der Waals surface area contributed by atoms with Gasteiger partial charge in [0.05, 0.1) is 11.6 Å². The van der Waals surface area contributed by atoms with Gasteiger partial charge in [-0.05, 0) is 78.9 Å². The maximum absolute atomic E-state index is 9.31. The summed E-state index contributed by atoms with van der Waals surface area (Å²) >= 11 is 0. The molecule has 0 radical (unpaired) electrons. The minimum atomic E-state index is 0.537. The Balaban J connectivity index is 1.44. The summed E-state index contributed by atoms with van der Waals surface area (Å²) in [7, 11) is 4.35. The van der Waals surface area contributed by atoms with Gasteiger partial charge in [0.2, 0.25) is 0 Å². The third-order valence-electron chi connectivity index (χ3n) is 6.27. The van der Waals surface area contributed by atoms with Crippen LogP contribution in [0.25, 0.3) is 11.1 Å². The van der Waals surface area contributed by atoms with Gasteiger partial charge in [-0.25, -0.2) is 0 Å². The molecule has 1 aliphatic rings. The molecule has 3 nitrogen and oxygen atoms in total. The highest BCUT2D eigenvalue weighted by atomic mass is 16.5. The molecule has 0 amide bonds. The van der Waals surface area contributed by atoms with Gasteiger partial charge >= 0.3 is 0 Å². The molecule has 0 aromatic heterocycles. The van der Waals surface area contributed by atoms with E-state index in [9.17, 15) is 5.26 Å². The zero-order valence-corrected chi connectivity index (χ0v) is 17.9. The van der Waals surface area contributed by atoms with Crippen molar-refractivity contribution >= 4 is 0 Å². The van der Waals surface area contributed by atoms with E-state index >= 15 is 0 Å². The third-order valence-corrected chi connectivity index (χ3v) is 6.27. The molecule has 2 unspecified atom stereocenters. The monoisotopic (exact) mass is 396 g/mol. The summed E-state index contributed by atoms with van der Waals surface area (Å²) in [6.07, 6.45) is 2.29. The van der Waals surface area contributed by atoms with Crippen molar-refractivity contribution < 1.29 is 4.74 Å². The number of hydrogen-bond donors (Lipinski definition) is 0. The minimum Gasteiger partial charge on any atom is -0.489 e. The molecule has 0 aliphatic heterocycles. The van der Waals surface area contributed by atoms with Gasteiger partial charge in [0.1, 0.15) is 12.4 Å². The lowest BCUT2D eigenvalue weighted by atomic mass is 9.80. The summed E-state index contributed by atoms with van der Waals surface area (Å²) in [4.78, 5) is 2.34. The predicted molar refractivity (Wildman–Crippen MR) is 122 cm³/mol. The van der Waals surface area contributed by atoms with Crippen LogP contribution in [0.2, 0.25) is 0 Å². The molecule has 3 heteroatoms. The Labute approximate surface area is 179 Å². The van der Waals surface area contributed by atoms with Crippen molar-refractivity contribution in [2.24, 2.45) is 0 Å². The first kappa shape index (κ1) is 20.2. The van der Waals surface area contributed by atoms with Crippen molar-refractivity contribution in [1.82, 2.24) is 4.90 Å². The van der Waals surface area contributed by atoms with E-state index in [1.807, 2.05) is 24.3 Å². The standard InChI is InChI=1S/C27H28N2O/c1-19-25-14-13-24(16-22(25)12-15-27(19)29(2)3)30-18-20-8-10-21(11-9-20)26-7-5-4-6-23(26)17-28/h4-11,13-14,16,19,27H,12,15,18H2,1-3H3. The molecule has 0 N–H and O–H groups in total. The Kier molecular flexibility index (Phi) is 5.88. The van der Waals surface area contributed by atoms with E-state index in [1.165, 1.54) is 17.5 Å². The van der Waals surface area contributed by atoms with Crippen molar-refractivity contribution in [1.29, 1.82) is 5.26 Å². The van der Waals surface area contributed by atoms with Crippen LogP contribution in [-0.4, -0.2) is 25.0 Å². The Morgan fingerprint density at radius 1 is 1.03 bits per heavy atom. The van der Waals surface area contributed by atoms with Crippen LogP contribution in [0.1, 0.15) is 41.5 Å². The lowest BCUT2D eigenvalue weighted by Gasteiger charge is -2.35. The van der Waals surface area contributed by atoms with Crippen molar-refractivity contribution in [3.8, 4) is 22.9 Å². The summed E-state index contributed by atoms with van der Waals surface area (Å²) < 4.78 is 6.10. The second-order valence-corrected chi connectivity index (χ2v) is 8.36. The highest BCUT2D eigenvalue weighted by molar-refractivity contribution is 5.70. The quantitative estimate of drug-likeness (QED) is 0.548. The highest BCUT2D eigenvalue weighted by Gasteiger charge is 2.27. The van der Waals surface area contributed by atoms with Crippen molar-refractivity contribution in [2.45, 2.75) is 38.3 Å². The summed E-state index contributed by atoms with van der Waals surface area (Å²) in [6.45, 7) is 2.87. The van der Waals surface area contributed by atoms with Crippen LogP contribution < -0.4 is 4.74 Å². The maximum atomic E-state index is 9.31. The summed E-state index contributed by atoms with van der Waals surface area (Å²) in [6, 6.07) is 25.4.